The van der Waals surface area contributed by atoms with Gasteiger partial charge in [-0.25, -0.2) is 5.43 Å². The molecule has 3 rings (SSSR count). The number of carbonyl (C=O) groups excluding carboxylic acids is 1. The van der Waals surface area contributed by atoms with Crippen molar-refractivity contribution in [1.29, 1.82) is 0 Å². The Morgan fingerprint density at radius 3 is 2.70 bits per heavy atom. The van der Waals surface area contributed by atoms with Crippen molar-refractivity contribution >= 4 is 35.1 Å². The fourth-order valence-electron chi connectivity index (χ4n) is 2.62. The number of nitro groups is 1. The second-order valence-corrected chi connectivity index (χ2v) is 6.98. The second kappa shape index (κ2) is 9.23. The van der Waals surface area contributed by atoms with Crippen molar-refractivity contribution in [3.63, 3.8) is 0 Å². The molecule has 30 heavy (non-hydrogen) atoms. The normalized spacial score (nSPS) is 10.9. The third kappa shape index (κ3) is 5.24. The van der Waals surface area contributed by atoms with Crippen LogP contribution in [0.4, 0.5) is 11.4 Å². The van der Waals surface area contributed by atoms with Crippen LogP contribution < -0.4 is 10.7 Å². The molecule has 0 aliphatic rings. The minimum Gasteiger partial charge on any atom is -0.455 e. The third-order valence-corrected chi connectivity index (χ3v) is 4.72. The van der Waals surface area contributed by atoms with Gasteiger partial charge in [0.05, 0.1) is 22.7 Å². The molecule has 0 unspecified atom stereocenters. The monoisotopic (exact) mass is 426 g/mol. The van der Waals surface area contributed by atoms with Crippen LogP contribution in [0.15, 0.2) is 58.0 Å². The van der Waals surface area contributed by atoms with E-state index >= 15 is 0 Å². The lowest BCUT2D eigenvalue weighted by molar-refractivity contribution is -0.384. The Bertz CT molecular complexity index is 1120. The summed E-state index contributed by atoms with van der Waals surface area (Å²) in [6.45, 7) is 4.09. The third-order valence-electron chi connectivity index (χ3n) is 4.39. The number of hydrogen-bond donors (Lipinski definition) is 2. The van der Waals surface area contributed by atoms with Gasteiger partial charge in [0.25, 0.3) is 11.6 Å². The summed E-state index contributed by atoms with van der Waals surface area (Å²) in [6.07, 6.45) is 1.34. The van der Waals surface area contributed by atoms with Crippen LogP contribution in [-0.4, -0.2) is 23.6 Å². The van der Waals surface area contributed by atoms with E-state index in [2.05, 4.69) is 15.8 Å². The molecule has 0 saturated heterocycles. The second-order valence-electron chi connectivity index (χ2n) is 6.57. The first-order chi connectivity index (χ1) is 14.3. The molecular weight excluding hydrogens is 408 g/mol. The fraction of sp³-hybridized carbons (Fsp3) is 0.143. The predicted molar refractivity (Wildman–Crippen MR) is 116 cm³/mol. The zero-order valence-corrected chi connectivity index (χ0v) is 17.1. The highest BCUT2D eigenvalue weighted by Crippen LogP contribution is 2.32. The van der Waals surface area contributed by atoms with Gasteiger partial charge < -0.3 is 9.73 Å². The van der Waals surface area contributed by atoms with E-state index in [0.29, 0.717) is 22.1 Å². The summed E-state index contributed by atoms with van der Waals surface area (Å²) in [5.74, 6) is 0.390. The number of nitro benzene ring substituents is 1. The molecule has 0 aliphatic carbocycles. The highest BCUT2D eigenvalue weighted by Gasteiger charge is 2.14. The van der Waals surface area contributed by atoms with Crippen LogP contribution in [0.1, 0.15) is 16.9 Å². The lowest BCUT2D eigenvalue weighted by atomic mass is 10.1. The highest BCUT2D eigenvalue weighted by atomic mass is 35.5. The first kappa shape index (κ1) is 21.1. The first-order valence-corrected chi connectivity index (χ1v) is 9.38. The van der Waals surface area contributed by atoms with E-state index in [-0.39, 0.29) is 18.1 Å². The Labute approximate surface area is 177 Å². The number of nitrogens with one attached hydrogen (secondary N) is 2. The number of hydrogen-bond acceptors (Lipinski definition) is 6. The summed E-state index contributed by atoms with van der Waals surface area (Å²) in [5, 5.41) is 18.2. The minimum atomic E-state index is -0.507. The summed E-state index contributed by atoms with van der Waals surface area (Å²) >= 11 is 6.11. The molecule has 3 aromatic rings. The average molecular weight is 427 g/mol. The molecule has 154 valence electrons. The lowest BCUT2D eigenvalue weighted by Crippen LogP contribution is -2.25. The van der Waals surface area contributed by atoms with Crippen molar-refractivity contribution in [2.75, 3.05) is 11.9 Å². The van der Waals surface area contributed by atoms with Crippen LogP contribution >= 0.6 is 11.6 Å². The van der Waals surface area contributed by atoms with E-state index in [9.17, 15) is 14.9 Å². The lowest BCUT2D eigenvalue weighted by Gasteiger charge is -2.07. The number of anilines is 1. The molecule has 0 fully saturated rings. The number of aryl methyl sites for hydroxylation is 2. The topological polar surface area (TPSA) is 110 Å². The summed E-state index contributed by atoms with van der Waals surface area (Å²) in [5.41, 5.74) is 5.87. The molecule has 2 N–H and O–H groups in total. The number of hydrazone groups is 1. The molecule has 1 amide bonds. The number of furan rings is 1. The average Bonchev–Trinajstić information content (AvgIpc) is 3.17. The van der Waals surface area contributed by atoms with Crippen molar-refractivity contribution < 1.29 is 14.1 Å². The molecule has 1 aromatic heterocycles. The predicted octanol–water partition coefficient (Wildman–Crippen LogP) is 4.69. The Hall–Kier alpha value is -3.65. The van der Waals surface area contributed by atoms with E-state index in [1.54, 1.807) is 12.1 Å². The molecule has 0 saturated carbocycles. The van der Waals surface area contributed by atoms with Crippen LogP contribution in [-0.2, 0) is 4.79 Å². The van der Waals surface area contributed by atoms with Crippen LogP contribution in [0.3, 0.4) is 0 Å². The molecule has 8 nitrogen and oxygen atoms in total. The molecule has 9 heteroatoms. The van der Waals surface area contributed by atoms with E-state index in [0.717, 1.165) is 11.3 Å². The largest absolute Gasteiger partial charge is 0.455 e. The quantitative estimate of drug-likeness (QED) is 0.323. The fourth-order valence-corrected chi connectivity index (χ4v) is 2.83. The molecule has 1 heterocycles. The van der Waals surface area contributed by atoms with Gasteiger partial charge in [-0.2, -0.15) is 5.10 Å². The van der Waals surface area contributed by atoms with Gasteiger partial charge >= 0.3 is 0 Å². The number of rotatable bonds is 7. The summed E-state index contributed by atoms with van der Waals surface area (Å²) in [6, 6.07) is 13.2. The molecule has 0 bridgehead atoms. The van der Waals surface area contributed by atoms with Gasteiger partial charge in [0.15, 0.2) is 0 Å². The van der Waals surface area contributed by atoms with Gasteiger partial charge in [-0.15, -0.1) is 0 Å². The maximum Gasteiger partial charge on any atom is 0.270 e. The Morgan fingerprint density at radius 2 is 1.97 bits per heavy atom. The number of benzene rings is 2. The number of nitrogens with zero attached hydrogens (tertiary/aromatic N) is 2. The first-order valence-electron chi connectivity index (χ1n) is 9.00. The molecule has 0 radical (unpaired) electrons. The smallest absolute Gasteiger partial charge is 0.270 e. The molecule has 0 aliphatic heterocycles. The van der Waals surface area contributed by atoms with Crippen molar-refractivity contribution in [2.24, 2.45) is 5.10 Å². The van der Waals surface area contributed by atoms with Crippen LogP contribution in [0.2, 0.25) is 5.02 Å². The van der Waals surface area contributed by atoms with Gasteiger partial charge in [-0.1, -0.05) is 17.7 Å². The zero-order valence-electron chi connectivity index (χ0n) is 16.3. The molecular formula is C21H19ClN4O4. The van der Waals surface area contributed by atoms with E-state index in [1.807, 2.05) is 32.0 Å². The van der Waals surface area contributed by atoms with Gasteiger partial charge in [-0.3, -0.25) is 14.9 Å². The van der Waals surface area contributed by atoms with Crippen LogP contribution in [0, 0.1) is 24.0 Å². The van der Waals surface area contributed by atoms with E-state index in [1.165, 1.54) is 30.0 Å². The SMILES string of the molecule is Cc1ccc(NCC(=O)N/N=C\c2ccc(-c3cc([N+](=O)[O-])ccc3Cl)o2)cc1C. The molecule has 2 aromatic carbocycles. The van der Waals surface area contributed by atoms with E-state index < -0.39 is 4.92 Å². The number of carbonyl (C=O) groups is 1. The maximum atomic E-state index is 11.9. The van der Waals surface area contributed by atoms with Crippen LogP contribution in [0.25, 0.3) is 11.3 Å². The number of amides is 1. The van der Waals surface area contributed by atoms with Gasteiger partial charge in [0, 0.05) is 23.4 Å². The Morgan fingerprint density at radius 1 is 1.17 bits per heavy atom. The van der Waals surface area contributed by atoms with Crippen LogP contribution in [0.5, 0.6) is 0 Å². The van der Waals surface area contributed by atoms with Gasteiger partial charge in [0.2, 0.25) is 0 Å². The number of halogens is 1. The molecule has 0 spiro atoms. The number of non-ortho nitro benzene ring substituents is 1. The minimum absolute atomic E-state index is 0.0620. The summed E-state index contributed by atoms with van der Waals surface area (Å²) in [7, 11) is 0. The Balaban J connectivity index is 1.58. The van der Waals surface area contributed by atoms with Crippen molar-refractivity contribution in [1.82, 2.24) is 5.43 Å². The summed E-state index contributed by atoms with van der Waals surface area (Å²) < 4.78 is 5.60. The van der Waals surface area contributed by atoms with Crippen molar-refractivity contribution in [2.45, 2.75) is 13.8 Å². The molecule has 0 atom stereocenters. The summed E-state index contributed by atoms with van der Waals surface area (Å²) in [4.78, 5) is 22.4. The maximum absolute atomic E-state index is 11.9. The van der Waals surface area contributed by atoms with Crippen molar-refractivity contribution in [3.05, 3.63) is 80.6 Å². The highest BCUT2D eigenvalue weighted by molar-refractivity contribution is 6.33. The zero-order chi connectivity index (χ0) is 21.7. The van der Waals surface area contributed by atoms with Crippen molar-refractivity contribution in [3.8, 4) is 11.3 Å². The van der Waals surface area contributed by atoms with E-state index in [4.69, 9.17) is 16.0 Å². The van der Waals surface area contributed by atoms with Gasteiger partial charge in [0.1, 0.15) is 11.5 Å². The standard InChI is InChI=1S/C21H19ClN4O4/c1-13-3-4-15(9-14(13)2)23-12-21(27)25-24-11-17-6-8-20(30-17)18-10-16(26(28)29)5-7-19(18)22/h3-11,23H,12H2,1-2H3,(H,25,27)/b24-11-. The Kier molecular flexibility index (Phi) is 6.48. The van der Waals surface area contributed by atoms with Gasteiger partial charge in [-0.05, 0) is 55.3 Å².